The maximum atomic E-state index is 11.1. The number of hydrogen-bond donors (Lipinski definition) is 1. The predicted molar refractivity (Wildman–Crippen MR) is 89.2 cm³/mol. The molecule has 0 atom stereocenters. The van der Waals surface area contributed by atoms with Crippen LogP contribution in [0.25, 0.3) is 11.3 Å². The van der Waals surface area contributed by atoms with Crippen molar-refractivity contribution in [1.29, 1.82) is 0 Å². The number of nitrogens with two attached hydrogens (primary N) is 1. The van der Waals surface area contributed by atoms with Gasteiger partial charge in [0.15, 0.2) is 0 Å². The minimum Gasteiger partial charge on any atom is -0.457 e. The molecular formula is C17H12N4O4. The standard InChI is InChI=1S/C17H12N4O4/c18-16(22)17-19-10-9-15(20-17)11-1-5-13(6-2-11)25-14-7-3-12(4-8-14)21(23)24/h1-10H,(H2,18,22). The molecule has 0 aliphatic heterocycles. The van der Waals surface area contributed by atoms with Crippen LogP contribution < -0.4 is 10.5 Å². The first-order chi connectivity index (χ1) is 12.0. The number of benzene rings is 2. The second kappa shape index (κ2) is 6.75. The fraction of sp³-hybridized carbons (Fsp3) is 0. The Balaban J connectivity index is 1.77. The fourth-order valence-electron chi connectivity index (χ4n) is 2.10. The van der Waals surface area contributed by atoms with Crippen LogP contribution in [0.5, 0.6) is 11.5 Å². The largest absolute Gasteiger partial charge is 0.457 e. The Bertz CT molecular complexity index is 924. The summed E-state index contributed by atoms with van der Waals surface area (Å²) in [6, 6.07) is 14.4. The second-order valence-corrected chi connectivity index (χ2v) is 5.01. The van der Waals surface area contributed by atoms with Crippen LogP contribution in [0.4, 0.5) is 5.69 Å². The maximum absolute atomic E-state index is 11.1. The summed E-state index contributed by atoms with van der Waals surface area (Å²) in [7, 11) is 0. The molecule has 0 aliphatic rings. The lowest BCUT2D eigenvalue weighted by Crippen LogP contribution is -2.15. The first-order valence-corrected chi connectivity index (χ1v) is 7.18. The van der Waals surface area contributed by atoms with Crippen molar-refractivity contribution in [3.63, 3.8) is 0 Å². The smallest absolute Gasteiger partial charge is 0.286 e. The van der Waals surface area contributed by atoms with Gasteiger partial charge in [0, 0.05) is 23.9 Å². The van der Waals surface area contributed by atoms with Crippen molar-refractivity contribution >= 4 is 11.6 Å². The van der Waals surface area contributed by atoms with Gasteiger partial charge in [-0.3, -0.25) is 14.9 Å². The molecule has 2 aromatic carbocycles. The van der Waals surface area contributed by atoms with E-state index in [4.69, 9.17) is 10.5 Å². The van der Waals surface area contributed by atoms with Gasteiger partial charge in [-0.15, -0.1) is 0 Å². The van der Waals surface area contributed by atoms with Crippen LogP contribution in [0.3, 0.4) is 0 Å². The first-order valence-electron chi connectivity index (χ1n) is 7.18. The molecule has 8 nitrogen and oxygen atoms in total. The number of nitro benzene ring substituents is 1. The van der Waals surface area contributed by atoms with Gasteiger partial charge >= 0.3 is 0 Å². The normalized spacial score (nSPS) is 10.2. The monoisotopic (exact) mass is 336 g/mol. The van der Waals surface area contributed by atoms with Gasteiger partial charge in [-0.2, -0.15) is 0 Å². The number of ether oxygens (including phenoxy) is 1. The highest BCUT2D eigenvalue weighted by molar-refractivity contribution is 5.89. The predicted octanol–water partition coefficient (Wildman–Crippen LogP) is 2.94. The van der Waals surface area contributed by atoms with Gasteiger partial charge in [0.1, 0.15) is 11.5 Å². The SMILES string of the molecule is NC(=O)c1nccc(-c2ccc(Oc3ccc([N+](=O)[O-])cc3)cc2)n1. The molecule has 0 radical (unpaired) electrons. The van der Waals surface area contributed by atoms with Gasteiger partial charge in [-0.1, -0.05) is 0 Å². The highest BCUT2D eigenvalue weighted by Crippen LogP contribution is 2.26. The van der Waals surface area contributed by atoms with E-state index in [0.29, 0.717) is 17.2 Å². The Kier molecular flexibility index (Phi) is 4.34. The lowest BCUT2D eigenvalue weighted by Gasteiger charge is -2.07. The van der Waals surface area contributed by atoms with E-state index in [-0.39, 0.29) is 11.5 Å². The zero-order chi connectivity index (χ0) is 17.8. The summed E-state index contributed by atoms with van der Waals surface area (Å²) >= 11 is 0. The summed E-state index contributed by atoms with van der Waals surface area (Å²) in [6.45, 7) is 0. The van der Waals surface area contributed by atoms with Gasteiger partial charge in [-0.25, -0.2) is 9.97 Å². The molecule has 0 saturated carbocycles. The van der Waals surface area contributed by atoms with E-state index in [1.165, 1.54) is 30.5 Å². The molecule has 1 amide bonds. The lowest BCUT2D eigenvalue weighted by atomic mass is 10.1. The van der Waals surface area contributed by atoms with Gasteiger partial charge in [-0.05, 0) is 42.5 Å². The van der Waals surface area contributed by atoms with Crippen LogP contribution in [-0.2, 0) is 0 Å². The third-order valence-electron chi connectivity index (χ3n) is 3.31. The quantitative estimate of drug-likeness (QED) is 0.564. The Morgan fingerprint density at radius 1 is 1.00 bits per heavy atom. The Labute approximate surface area is 142 Å². The molecule has 2 N–H and O–H groups in total. The number of primary amides is 1. The third-order valence-corrected chi connectivity index (χ3v) is 3.31. The topological polar surface area (TPSA) is 121 Å². The number of non-ortho nitro benzene ring substituents is 1. The molecule has 0 spiro atoms. The van der Waals surface area contributed by atoms with Crippen LogP contribution in [0.2, 0.25) is 0 Å². The van der Waals surface area contributed by atoms with Crippen LogP contribution in [0, 0.1) is 10.1 Å². The molecule has 25 heavy (non-hydrogen) atoms. The molecule has 0 bridgehead atoms. The van der Waals surface area contributed by atoms with Gasteiger partial charge < -0.3 is 10.5 Å². The summed E-state index contributed by atoms with van der Waals surface area (Å²) in [6.07, 6.45) is 1.46. The minimum atomic E-state index is -0.694. The number of carbonyl (C=O) groups is 1. The molecular weight excluding hydrogens is 324 g/mol. The average molecular weight is 336 g/mol. The van der Waals surface area contributed by atoms with Crippen molar-refractivity contribution in [3.8, 4) is 22.8 Å². The highest BCUT2D eigenvalue weighted by atomic mass is 16.6. The number of aromatic nitrogens is 2. The average Bonchev–Trinajstić information content (AvgIpc) is 2.63. The Morgan fingerprint density at radius 2 is 1.60 bits per heavy atom. The number of carbonyl (C=O) groups excluding carboxylic acids is 1. The van der Waals surface area contributed by atoms with Crippen LogP contribution >= 0.6 is 0 Å². The number of nitrogens with zero attached hydrogens (tertiary/aromatic N) is 3. The second-order valence-electron chi connectivity index (χ2n) is 5.01. The number of nitro groups is 1. The summed E-state index contributed by atoms with van der Waals surface area (Å²) in [5, 5.41) is 10.6. The van der Waals surface area contributed by atoms with Crippen molar-refractivity contribution in [2.24, 2.45) is 5.73 Å². The fourth-order valence-corrected chi connectivity index (χ4v) is 2.10. The van der Waals surface area contributed by atoms with Crippen LogP contribution in [-0.4, -0.2) is 20.8 Å². The first kappa shape index (κ1) is 16.1. The summed E-state index contributed by atoms with van der Waals surface area (Å²) < 4.78 is 5.64. The van der Waals surface area contributed by atoms with Gasteiger partial charge in [0.25, 0.3) is 11.6 Å². The lowest BCUT2D eigenvalue weighted by molar-refractivity contribution is -0.384. The van der Waals surface area contributed by atoms with E-state index >= 15 is 0 Å². The van der Waals surface area contributed by atoms with E-state index < -0.39 is 10.8 Å². The molecule has 1 heterocycles. The van der Waals surface area contributed by atoms with Crippen molar-refractivity contribution < 1.29 is 14.5 Å². The van der Waals surface area contributed by atoms with E-state index in [1.54, 1.807) is 30.3 Å². The highest BCUT2D eigenvalue weighted by Gasteiger charge is 2.08. The summed E-state index contributed by atoms with van der Waals surface area (Å²) in [5.41, 5.74) is 6.50. The molecule has 3 rings (SSSR count). The number of rotatable bonds is 5. The molecule has 8 heteroatoms. The van der Waals surface area contributed by atoms with Crippen molar-refractivity contribution in [3.05, 3.63) is 76.7 Å². The van der Waals surface area contributed by atoms with Crippen molar-refractivity contribution in [2.45, 2.75) is 0 Å². The maximum Gasteiger partial charge on any atom is 0.286 e. The number of hydrogen-bond acceptors (Lipinski definition) is 6. The molecule has 1 aromatic heterocycles. The number of amides is 1. The van der Waals surface area contributed by atoms with Gasteiger partial charge in [0.05, 0.1) is 10.6 Å². The van der Waals surface area contributed by atoms with E-state index in [0.717, 1.165) is 5.56 Å². The van der Waals surface area contributed by atoms with E-state index in [1.807, 2.05) is 0 Å². The molecule has 124 valence electrons. The zero-order valence-corrected chi connectivity index (χ0v) is 12.8. The summed E-state index contributed by atoms with van der Waals surface area (Å²) in [5.74, 6) is 0.293. The van der Waals surface area contributed by atoms with Gasteiger partial charge in [0.2, 0.25) is 5.82 Å². The molecule has 0 saturated heterocycles. The third kappa shape index (κ3) is 3.75. The van der Waals surface area contributed by atoms with Crippen molar-refractivity contribution in [1.82, 2.24) is 9.97 Å². The van der Waals surface area contributed by atoms with E-state index in [9.17, 15) is 14.9 Å². The molecule has 3 aromatic rings. The summed E-state index contributed by atoms with van der Waals surface area (Å²) in [4.78, 5) is 29.2. The minimum absolute atomic E-state index is 0.00304. The Morgan fingerprint density at radius 3 is 2.16 bits per heavy atom. The zero-order valence-electron chi connectivity index (χ0n) is 12.8. The molecule has 0 fully saturated rings. The van der Waals surface area contributed by atoms with Crippen LogP contribution in [0.1, 0.15) is 10.6 Å². The van der Waals surface area contributed by atoms with Crippen molar-refractivity contribution in [2.75, 3.05) is 0 Å². The molecule has 0 unspecified atom stereocenters. The van der Waals surface area contributed by atoms with E-state index in [2.05, 4.69) is 9.97 Å². The Hall–Kier alpha value is -3.81. The van der Waals surface area contributed by atoms with Crippen LogP contribution in [0.15, 0.2) is 60.8 Å². The molecule has 0 aliphatic carbocycles.